The predicted molar refractivity (Wildman–Crippen MR) is 139 cm³/mol. The maximum absolute atomic E-state index is 14.5. The lowest BCUT2D eigenvalue weighted by Crippen LogP contribution is -2.15. The standard InChI is InChI=1S/C24H21F3N3O3PS2/c1-12(2)8-19-20(13-5-6-17(16(25)10-13)33-24(26,27)34)29-23(36-19)30-21-15(22(31)32)9-14(11-28-21)18-4-3-7-35-18/h3-7,9-12H,8,34H2,1-2H3,(H,31,32)(H,28,29,30). The molecule has 0 aliphatic rings. The number of rotatable bonds is 9. The summed E-state index contributed by atoms with van der Waals surface area (Å²) in [6, 6.07) is 8.96. The highest BCUT2D eigenvalue weighted by Crippen LogP contribution is 2.37. The van der Waals surface area contributed by atoms with Crippen LogP contribution in [0.25, 0.3) is 21.7 Å². The number of nitrogens with one attached hydrogen (secondary N) is 1. The second-order valence-corrected chi connectivity index (χ2v) is 10.9. The normalized spacial score (nSPS) is 11.6. The van der Waals surface area contributed by atoms with Crippen LogP contribution in [0.4, 0.5) is 24.1 Å². The van der Waals surface area contributed by atoms with Gasteiger partial charge < -0.3 is 15.2 Å². The van der Waals surface area contributed by atoms with Gasteiger partial charge in [0.05, 0.1) is 5.69 Å². The molecule has 188 valence electrons. The molecule has 0 radical (unpaired) electrons. The van der Waals surface area contributed by atoms with E-state index in [4.69, 9.17) is 0 Å². The van der Waals surface area contributed by atoms with Crippen molar-refractivity contribution in [2.45, 2.75) is 26.1 Å². The number of alkyl halides is 2. The zero-order valence-corrected chi connectivity index (χ0v) is 21.9. The largest absolute Gasteiger partial charge is 0.478 e. The summed E-state index contributed by atoms with van der Waals surface area (Å²) in [7, 11) is 1.20. The minimum atomic E-state index is -3.60. The van der Waals surface area contributed by atoms with Gasteiger partial charge in [-0.1, -0.05) is 19.9 Å². The number of halogens is 3. The number of thiophene rings is 1. The molecule has 0 fully saturated rings. The first-order chi connectivity index (χ1) is 17.0. The fourth-order valence-corrected chi connectivity index (χ4v) is 5.45. The van der Waals surface area contributed by atoms with E-state index in [0.717, 1.165) is 21.9 Å². The van der Waals surface area contributed by atoms with E-state index in [0.29, 0.717) is 28.4 Å². The van der Waals surface area contributed by atoms with Gasteiger partial charge in [-0.05, 0) is 57.3 Å². The van der Waals surface area contributed by atoms with Gasteiger partial charge in [0.2, 0.25) is 0 Å². The van der Waals surface area contributed by atoms with E-state index in [9.17, 15) is 23.1 Å². The Labute approximate surface area is 215 Å². The van der Waals surface area contributed by atoms with Crippen LogP contribution in [0.2, 0.25) is 0 Å². The molecule has 0 saturated heterocycles. The van der Waals surface area contributed by atoms with Crippen LogP contribution in [-0.2, 0) is 6.42 Å². The minimum Gasteiger partial charge on any atom is -0.478 e. The summed E-state index contributed by atoms with van der Waals surface area (Å²) >= 11 is 2.76. The van der Waals surface area contributed by atoms with E-state index in [1.54, 1.807) is 12.3 Å². The number of thiazole rings is 1. The van der Waals surface area contributed by atoms with Crippen molar-refractivity contribution in [3.8, 4) is 27.4 Å². The maximum atomic E-state index is 14.5. The van der Waals surface area contributed by atoms with Crippen molar-refractivity contribution >= 4 is 48.8 Å². The van der Waals surface area contributed by atoms with Gasteiger partial charge in [-0.2, -0.15) is 8.78 Å². The number of hydrogen-bond acceptors (Lipinski definition) is 7. The lowest BCUT2D eigenvalue weighted by molar-refractivity contribution is -0.0912. The Morgan fingerprint density at radius 2 is 2.03 bits per heavy atom. The molecular weight excluding hydrogens is 530 g/mol. The number of pyridine rings is 1. The minimum absolute atomic E-state index is 0.0195. The third-order valence-corrected chi connectivity index (χ3v) is 6.92. The molecule has 36 heavy (non-hydrogen) atoms. The monoisotopic (exact) mass is 551 g/mol. The summed E-state index contributed by atoms with van der Waals surface area (Å²) in [6.45, 7) is 4.03. The Kier molecular flexibility index (Phi) is 7.63. The first kappa shape index (κ1) is 26.1. The van der Waals surface area contributed by atoms with Crippen molar-refractivity contribution in [3.63, 3.8) is 0 Å². The Morgan fingerprint density at radius 1 is 1.25 bits per heavy atom. The van der Waals surface area contributed by atoms with Gasteiger partial charge in [0.1, 0.15) is 11.4 Å². The highest BCUT2D eigenvalue weighted by atomic mass is 32.1. The lowest BCUT2D eigenvalue weighted by Gasteiger charge is -2.14. The number of aromatic nitrogens is 2. The van der Waals surface area contributed by atoms with Crippen LogP contribution in [-0.4, -0.2) is 26.9 Å². The fourth-order valence-electron chi connectivity index (χ4n) is 3.42. The van der Waals surface area contributed by atoms with E-state index >= 15 is 0 Å². The molecule has 6 nitrogen and oxygen atoms in total. The smallest absolute Gasteiger partial charge is 0.408 e. The molecule has 0 spiro atoms. The van der Waals surface area contributed by atoms with E-state index < -0.39 is 23.4 Å². The van der Waals surface area contributed by atoms with Crippen molar-refractivity contribution in [1.82, 2.24) is 9.97 Å². The predicted octanol–water partition coefficient (Wildman–Crippen LogP) is 7.52. The molecule has 0 saturated carbocycles. The molecule has 0 bridgehead atoms. The van der Waals surface area contributed by atoms with Gasteiger partial charge in [0.25, 0.3) is 0 Å². The van der Waals surface area contributed by atoms with Crippen LogP contribution in [0.1, 0.15) is 29.1 Å². The van der Waals surface area contributed by atoms with Gasteiger partial charge in [0, 0.05) is 27.1 Å². The molecular formula is C24H21F3N3O3PS2. The van der Waals surface area contributed by atoms with Crippen molar-refractivity contribution in [2.75, 3.05) is 5.32 Å². The number of hydrogen-bond donors (Lipinski definition) is 2. The molecule has 4 aromatic rings. The van der Waals surface area contributed by atoms with Gasteiger partial charge in [-0.15, -0.1) is 22.7 Å². The summed E-state index contributed by atoms with van der Waals surface area (Å²) in [6.07, 6.45) is 2.20. The number of benzene rings is 1. The molecule has 1 aromatic carbocycles. The van der Waals surface area contributed by atoms with Crippen molar-refractivity contribution in [1.29, 1.82) is 0 Å². The first-order valence-corrected chi connectivity index (χ1v) is 13.0. The highest BCUT2D eigenvalue weighted by molar-refractivity contribution is 7.17. The topological polar surface area (TPSA) is 84.3 Å². The summed E-state index contributed by atoms with van der Waals surface area (Å²) in [4.78, 5) is 22.5. The summed E-state index contributed by atoms with van der Waals surface area (Å²) in [5, 5.41) is 15.0. The van der Waals surface area contributed by atoms with Gasteiger partial charge in [-0.3, -0.25) is 0 Å². The van der Waals surface area contributed by atoms with E-state index in [1.165, 1.54) is 38.0 Å². The van der Waals surface area contributed by atoms with E-state index in [1.807, 2.05) is 31.4 Å². The zero-order chi connectivity index (χ0) is 26.0. The Bertz CT molecular complexity index is 1390. The summed E-state index contributed by atoms with van der Waals surface area (Å²) < 4.78 is 45.1. The molecule has 0 aliphatic heterocycles. The van der Waals surface area contributed by atoms with Crippen LogP contribution in [0, 0.1) is 11.7 Å². The van der Waals surface area contributed by atoms with Crippen LogP contribution in [0.3, 0.4) is 0 Å². The van der Waals surface area contributed by atoms with Crippen LogP contribution >= 0.6 is 31.9 Å². The second kappa shape index (κ2) is 10.5. The van der Waals surface area contributed by atoms with Crippen LogP contribution in [0.5, 0.6) is 5.75 Å². The number of ether oxygens (including phenoxy) is 1. The van der Waals surface area contributed by atoms with Crippen LogP contribution < -0.4 is 10.1 Å². The highest BCUT2D eigenvalue weighted by Gasteiger charge is 2.26. The second-order valence-electron chi connectivity index (χ2n) is 8.23. The molecule has 2 N–H and O–H groups in total. The Hall–Kier alpha value is -3.01. The first-order valence-electron chi connectivity index (χ1n) is 10.7. The quantitative estimate of drug-likeness (QED) is 0.209. The number of anilines is 2. The van der Waals surface area contributed by atoms with E-state index in [2.05, 4.69) is 20.0 Å². The van der Waals surface area contributed by atoms with Gasteiger partial charge in [-0.25, -0.2) is 19.2 Å². The average molecular weight is 552 g/mol. The lowest BCUT2D eigenvalue weighted by atomic mass is 10.0. The average Bonchev–Trinajstić information content (AvgIpc) is 3.44. The van der Waals surface area contributed by atoms with Crippen molar-refractivity contribution in [3.05, 3.63) is 64.2 Å². The van der Waals surface area contributed by atoms with E-state index in [-0.39, 0.29) is 17.3 Å². The number of nitrogens with zero attached hydrogens (tertiary/aromatic N) is 2. The fraction of sp³-hybridized carbons (Fsp3) is 0.208. The molecule has 0 aliphatic carbocycles. The summed E-state index contributed by atoms with van der Waals surface area (Å²) in [5.74, 6) is -5.91. The van der Waals surface area contributed by atoms with Gasteiger partial charge in [0.15, 0.2) is 16.7 Å². The molecule has 1 unspecified atom stereocenters. The van der Waals surface area contributed by atoms with Crippen molar-refractivity contribution < 1.29 is 27.8 Å². The Balaban J connectivity index is 1.69. The van der Waals surface area contributed by atoms with Crippen molar-refractivity contribution in [2.24, 2.45) is 5.92 Å². The molecule has 0 amide bonds. The molecule has 12 heteroatoms. The van der Waals surface area contributed by atoms with Gasteiger partial charge >= 0.3 is 11.8 Å². The number of carbonyl (C=O) groups is 1. The zero-order valence-electron chi connectivity index (χ0n) is 19.1. The molecule has 4 rings (SSSR count). The third-order valence-electron chi connectivity index (χ3n) is 4.89. The Morgan fingerprint density at radius 3 is 2.64 bits per heavy atom. The maximum Gasteiger partial charge on any atom is 0.408 e. The number of aromatic carboxylic acids is 1. The number of carboxylic acids is 1. The van der Waals surface area contributed by atoms with Crippen LogP contribution in [0.15, 0.2) is 48.0 Å². The SMILES string of the molecule is CC(C)Cc1sc(Nc2ncc(-c3cccs3)cc2C(=O)O)nc1-c1ccc(OC(F)(F)P)c(F)c1. The molecule has 3 heterocycles. The molecule has 3 aromatic heterocycles. The third kappa shape index (κ3) is 6.21. The number of carboxylic acid groups (broad SMARTS) is 1. The summed E-state index contributed by atoms with van der Waals surface area (Å²) in [5.41, 5.74) is 1.51. The molecule has 1 atom stereocenters.